The Bertz CT molecular complexity index is 875. The highest BCUT2D eigenvalue weighted by atomic mass is 16.5. The second-order valence-corrected chi connectivity index (χ2v) is 7.82. The zero-order valence-corrected chi connectivity index (χ0v) is 19.4. The van der Waals surface area contributed by atoms with Crippen LogP contribution in [0.5, 0.6) is 23.0 Å². The Labute approximate surface area is 190 Å². The smallest absolute Gasteiger partial charge is 0.338 e. The van der Waals surface area contributed by atoms with Gasteiger partial charge in [0.1, 0.15) is 5.75 Å². The molecule has 1 unspecified atom stereocenters. The molecule has 0 spiro atoms. The van der Waals surface area contributed by atoms with Crippen molar-refractivity contribution in [2.45, 2.75) is 25.2 Å². The van der Waals surface area contributed by atoms with E-state index in [1.54, 1.807) is 19.2 Å². The zero-order chi connectivity index (χ0) is 22.9. The van der Waals surface area contributed by atoms with Crippen LogP contribution in [-0.2, 0) is 4.74 Å². The maximum absolute atomic E-state index is 12.5. The van der Waals surface area contributed by atoms with Crippen LogP contribution >= 0.6 is 0 Å². The number of hydrogen-bond donors (Lipinski definition) is 0. The molecular weight excluding hydrogens is 410 g/mol. The SMILES string of the molecule is COc1cccc(C2CCCN(CCCOC(=O)c3cc(OC)c(OC)c(OC)c3)C2)c1. The fraction of sp³-hybridized carbons (Fsp3) is 0.480. The summed E-state index contributed by atoms with van der Waals surface area (Å²) in [5.41, 5.74) is 1.69. The van der Waals surface area contributed by atoms with E-state index in [0.29, 0.717) is 35.3 Å². The van der Waals surface area contributed by atoms with Crippen molar-refractivity contribution in [1.82, 2.24) is 4.90 Å². The lowest BCUT2D eigenvalue weighted by Gasteiger charge is -2.33. The van der Waals surface area contributed by atoms with Gasteiger partial charge >= 0.3 is 5.97 Å². The second kappa shape index (κ2) is 11.6. The van der Waals surface area contributed by atoms with E-state index >= 15 is 0 Å². The minimum absolute atomic E-state index is 0.357. The van der Waals surface area contributed by atoms with Crippen LogP contribution in [0.2, 0.25) is 0 Å². The first-order chi connectivity index (χ1) is 15.6. The summed E-state index contributed by atoms with van der Waals surface area (Å²) in [6.45, 7) is 3.33. The summed E-state index contributed by atoms with van der Waals surface area (Å²) in [5.74, 6) is 2.30. The van der Waals surface area contributed by atoms with Crippen LogP contribution in [-0.4, -0.2) is 65.5 Å². The number of ether oxygens (including phenoxy) is 5. The Morgan fingerprint density at radius 1 is 1.00 bits per heavy atom. The summed E-state index contributed by atoms with van der Waals surface area (Å²) in [6, 6.07) is 11.5. The molecule has 0 bridgehead atoms. The molecule has 7 nitrogen and oxygen atoms in total. The van der Waals surface area contributed by atoms with Crippen LogP contribution in [0.4, 0.5) is 0 Å². The lowest BCUT2D eigenvalue weighted by Crippen LogP contribution is -2.35. The number of likely N-dealkylation sites (tertiary alicyclic amines) is 1. The highest BCUT2D eigenvalue weighted by Gasteiger charge is 2.22. The van der Waals surface area contributed by atoms with Crippen LogP contribution in [0, 0.1) is 0 Å². The minimum Gasteiger partial charge on any atom is -0.497 e. The summed E-state index contributed by atoms with van der Waals surface area (Å²) in [4.78, 5) is 15.0. The third-order valence-corrected chi connectivity index (χ3v) is 5.82. The van der Waals surface area contributed by atoms with Gasteiger partial charge in [0.2, 0.25) is 5.75 Å². The first kappa shape index (κ1) is 23.7. The molecule has 174 valence electrons. The molecule has 1 heterocycles. The normalized spacial score (nSPS) is 16.3. The molecule has 1 aliphatic heterocycles. The van der Waals surface area contributed by atoms with Crippen LogP contribution in [0.25, 0.3) is 0 Å². The number of methoxy groups -OCH3 is 4. The first-order valence-electron chi connectivity index (χ1n) is 10.9. The monoisotopic (exact) mass is 443 g/mol. The fourth-order valence-electron chi connectivity index (χ4n) is 4.16. The molecule has 3 rings (SSSR count). The van der Waals surface area contributed by atoms with Gasteiger partial charge in [-0.15, -0.1) is 0 Å². The van der Waals surface area contributed by atoms with Crippen molar-refractivity contribution >= 4 is 5.97 Å². The molecule has 2 aromatic rings. The lowest BCUT2D eigenvalue weighted by molar-refractivity contribution is 0.0483. The van der Waals surface area contributed by atoms with E-state index in [2.05, 4.69) is 23.1 Å². The van der Waals surface area contributed by atoms with Gasteiger partial charge < -0.3 is 28.6 Å². The van der Waals surface area contributed by atoms with Crippen molar-refractivity contribution in [2.75, 3.05) is 54.7 Å². The van der Waals surface area contributed by atoms with Crippen molar-refractivity contribution in [3.63, 3.8) is 0 Å². The van der Waals surface area contributed by atoms with Gasteiger partial charge in [-0.25, -0.2) is 4.79 Å². The fourth-order valence-corrected chi connectivity index (χ4v) is 4.16. The Hall–Kier alpha value is -2.93. The van der Waals surface area contributed by atoms with E-state index in [1.165, 1.54) is 33.3 Å². The van der Waals surface area contributed by atoms with Crippen molar-refractivity contribution < 1.29 is 28.5 Å². The number of hydrogen-bond acceptors (Lipinski definition) is 7. The quantitative estimate of drug-likeness (QED) is 0.404. The maximum atomic E-state index is 12.5. The standard InChI is InChI=1S/C25H33NO6/c1-28-21-10-5-8-18(14-21)19-9-6-11-26(17-19)12-7-13-32-25(27)20-15-22(29-2)24(31-4)23(16-20)30-3/h5,8,10,14-16,19H,6-7,9,11-13,17H2,1-4H3. The average Bonchev–Trinajstić information content (AvgIpc) is 2.85. The summed E-state index contributed by atoms with van der Waals surface area (Å²) in [7, 11) is 6.26. The Kier molecular flexibility index (Phi) is 8.62. The van der Waals surface area contributed by atoms with E-state index < -0.39 is 5.97 Å². The van der Waals surface area contributed by atoms with Gasteiger partial charge in [-0.2, -0.15) is 0 Å². The lowest BCUT2D eigenvalue weighted by atomic mass is 9.90. The summed E-state index contributed by atoms with van der Waals surface area (Å²) < 4.78 is 26.8. The maximum Gasteiger partial charge on any atom is 0.338 e. The van der Waals surface area contributed by atoms with Crippen LogP contribution in [0.15, 0.2) is 36.4 Å². The molecule has 1 aliphatic rings. The predicted molar refractivity (Wildman–Crippen MR) is 122 cm³/mol. The molecule has 0 aromatic heterocycles. The van der Waals surface area contributed by atoms with E-state index in [9.17, 15) is 4.79 Å². The average molecular weight is 444 g/mol. The van der Waals surface area contributed by atoms with Gasteiger partial charge in [0.05, 0.1) is 40.6 Å². The van der Waals surface area contributed by atoms with Crippen molar-refractivity contribution in [3.8, 4) is 23.0 Å². The highest BCUT2D eigenvalue weighted by molar-refractivity contribution is 5.91. The predicted octanol–water partition coefficient (Wildman–Crippen LogP) is 4.15. The van der Waals surface area contributed by atoms with E-state index in [-0.39, 0.29) is 0 Å². The largest absolute Gasteiger partial charge is 0.497 e. The number of esters is 1. The number of benzene rings is 2. The molecule has 1 fully saturated rings. The van der Waals surface area contributed by atoms with Crippen molar-refractivity contribution in [2.24, 2.45) is 0 Å². The number of carbonyl (C=O) groups excluding carboxylic acids is 1. The van der Waals surface area contributed by atoms with Gasteiger partial charge in [-0.05, 0) is 61.6 Å². The molecule has 0 radical (unpaired) electrons. The Morgan fingerprint density at radius 2 is 1.75 bits per heavy atom. The van der Waals surface area contributed by atoms with Gasteiger partial charge in [-0.1, -0.05) is 12.1 Å². The molecule has 32 heavy (non-hydrogen) atoms. The molecule has 7 heteroatoms. The van der Waals surface area contributed by atoms with Gasteiger partial charge in [0, 0.05) is 13.1 Å². The van der Waals surface area contributed by atoms with Gasteiger partial charge in [0.15, 0.2) is 11.5 Å². The van der Waals surface area contributed by atoms with Crippen LogP contribution in [0.3, 0.4) is 0 Å². The highest BCUT2D eigenvalue weighted by Crippen LogP contribution is 2.38. The molecule has 2 aromatic carbocycles. The Balaban J connectivity index is 1.50. The summed E-state index contributed by atoms with van der Waals surface area (Å²) in [6.07, 6.45) is 3.12. The molecule has 1 saturated heterocycles. The first-order valence-corrected chi connectivity index (χ1v) is 10.9. The molecule has 0 aliphatic carbocycles. The second-order valence-electron chi connectivity index (χ2n) is 7.82. The number of piperidine rings is 1. The van der Waals surface area contributed by atoms with E-state index in [1.807, 2.05) is 6.07 Å². The summed E-state index contributed by atoms with van der Waals surface area (Å²) in [5, 5.41) is 0. The van der Waals surface area contributed by atoms with Crippen molar-refractivity contribution in [3.05, 3.63) is 47.5 Å². The third-order valence-electron chi connectivity index (χ3n) is 5.82. The molecular formula is C25H33NO6. The van der Waals surface area contributed by atoms with Gasteiger partial charge in [-0.3, -0.25) is 0 Å². The van der Waals surface area contributed by atoms with E-state index in [0.717, 1.165) is 38.2 Å². The number of rotatable bonds is 10. The van der Waals surface area contributed by atoms with E-state index in [4.69, 9.17) is 23.7 Å². The third kappa shape index (κ3) is 5.85. The van der Waals surface area contributed by atoms with Crippen LogP contribution < -0.4 is 18.9 Å². The molecule has 1 atom stereocenters. The minimum atomic E-state index is -0.405. The number of carbonyl (C=O) groups is 1. The summed E-state index contributed by atoms with van der Waals surface area (Å²) >= 11 is 0. The van der Waals surface area contributed by atoms with Crippen molar-refractivity contribution in [1.29, 1.82) is 0 Å². The molecule has 0 saturated carbocycles. The molecule has 0 amide bonds. The zero-order valence-electron chi connectivity index (χ0n) is 19.4. The number of nitrogens with zero attached hydrogens (tertiary/aromatic N) is 1. The van der Waals surface area contributed by atoms with Gasteiger partial charge in [0.25, 0.3) is 0 Å². The molecule has 0 N–H and O–H groups in total. The van der Waals surface area contributed by atoms with Crippen LogP contribution in [0.1, 0.15) is 41.1 Å². The Morgan fingerprint density at radius 3 is 2.41 bits per heavy atom. The topological polar surface area (TPSA) is 66.5 Å².